The van der Waals surface area contributed by atoms with Crippen LogP contribution in [0.15, 0.2) is 29.2 Å². The topological polar surface area (TPSA) is 38.0 Å². The highest BCUT2D eigenvalue weighted by Crippen LogP contribution is 2.37. The van der Waals surface area contributed by atoms with Crippen LogP contribution in [0.4, 0.5) is 13.2 Å². The van der Waals surface area contributed by atoms with Crippen LogP contribution in [0.5, 0.6) is 0 Å². The number of hydrogen-bond donors (Lipinski definition) is 2. The SMILES string of the molecule is NCC(NCCC1CCC1)c1ccc(SC(F)(F)F)cc1. The zero-order valence-corrected chi connectivity index (χ0v) is 12.6. The molecule has 21 heavy (non-hydrogen) atoms. The molecular formula is C15H21F3N2S. The zero-order valence-electron chi connectivity index (χ0n) is 11.8. The van der Waals surface area contributed by atoms with Crippen molar-refractivity contribution in [3.8, 4) is 0 Å². The van der Waals surface area contributed by atoms with E-state index in [1.54, 1.807) is 12.1 Å². The normalized spacial score (nSPS) is 17.5. The summed E-state index contributed by atoms with van der Waals surface area (Å²) >= 11 is -0.0905. The summed E-state index contributed by atoms with van der Waals surface area (Å²) in [7, 11) is 0. The van der Waals surface area contributed by atoms with Crippen molar-refractivity contribution in [3.05, 3.63) is 29.8 Å². The van der Waals surface area contributed by atoms with Gasteiger partial charge in [-0.05, 0) is 48.3 Å². The van der Waals surface area contributed by atoms with Crippen molar-refractivity contribution in [3.63, 3.8) is 0 Å². The lowest BCUT2D eigenvalue weighted by Gasteiger charge is -2.26. The Bertz CT molecular complexity index is 430. The summed E-state index contributed by atoms with van der Waals surface area (Å²) in [5, 5.41) is 3.40. The molecule has 1 atom stereocenters. The molecular weight excluding hydrogens is 297 g/mol. The number of nitrogens with two attached hydrogens (primary N) is 1. The molecule has 118 valence electrons. The molecule has 1 aromatic carbocycles. The Hall–Kier alpha value is -0.720. The summed E-state index contributed by atoms with van der Waals surface area (Å²) in [5.41, 5.74) is 2.46. The summed E-state index contributed by atoms with van der Waals surface area (Å²) in [4.78, 5) is 0.205. The van der Waals surface area contributed by atoms with Gasteiger partial charge in [-0.3, -0.25) is 0 Å². The van der Waals surface area contributed by atoms with E-state index < -0.39 is 5.51 Å². The number of halogens is 3. The van der Waals surface area contributed by atoms with Gasteiger partial charge in [0.05, 0.1) is 0 Å². The van der Waals surface area contributed by atoms with Crippen LogP contribution in [0.2, 0.25) is 0 Å². The van der Waals surface area contributed by atoms with Crippen LogP contribution in [-0.2, 0) is 0 Å². The molecule has 1 aliphatic rings. The smallest absolute Gasteiger partial charge is 0.329 e. The van der Waals surface area contributed by atoms with Gasteiger partial charge in [-0.15, -0.1) is 0 Å². The molecule has 1 fully saturated rings. The van der Waals surface area contributed by atoms with Crippen molar-refractivity contribution in [2.24, 2.45) is 11.7 Å². The lowest BCUT2D eigenvalue weighted by atomic mass is 9.83. The molecule has 0 aliphatic heterocycles. The molecule has 1 aromatic rings. The molecule has 0 aromatic heterocycles. The van der Waals surface area contributed by atoms with E-state index in [2.05, 4.69) is 5.32 Å². The van der Waals surface area contributed by atoms with Crippen LogP contribution in [0.3, 0.4) is 0 Å². The van der Waals surface area contributed by atoms with Gasteiger partial charge in [0.2, 0.25) is 0 Å². The molecule has 0 spiro atoms. The first kappa shape index (κ1) is 16.6. The highest BCUT2D eigenvalue weighted by molar-refractivity contribution is 8.00. The maximum atomic E-state index is 12.3. The predicted octanol–water partition coefficient (Wildman–Crippen LogP) is 4.08. The van der Waals surface area contributed by atoms with Crippen molar-refractivity contribution < 1.29 is 13.2 Å². The summed E-state index contributed by atoms with van der Waals surface area (Å²) < 4.78 is 36.8. The van der Waals surface area contributed by atoms with E-state index >= 15 is 0 Å². The van der Waals surface area contributed by atoms with E-state index in [1.165, 1.54) is 31.4 Å². The molecule has 2 nitrogen and oxygen atoms in total. The fraction of sp³-hybridized carbons (Fsp3) is 0.600. The summed E-state index contributed by atoms with van der Waals surface area (Å²) in [5.74, 6) is 0.835. The van der Waals surface area contributed by atoms with Gasteiger partial charge < -0.3 is 11.1 Å². The molecule has 1 unspecified atom stereocenters. The Labute approximate surface area is 127 Å². The Morgan fingerprint density at radius 3 is 2.38 bits per heavy atom. The molecule has 2 rings (SSSR count). The fourth-order valence-electron chi connectivity index (χ4n) is 2.48. The number of hydrogen-bond acceptors (Lipinski definition) is 3. The van der Waals surface area contributed by atoms with Gasteiger partial charge >= 0.3 is 5.51 Å². The van der Waals surface area contributed by atoms with E-state index in [4.69, 9.17) is 5.73 Å². The average molecular weight is 318 g/mol. The highest BCUT2D eigenvalue weighted by atomic mass is 32.2. The predicted molar refractivity (Wildman–Crippen MR) is 80.1 cm³/mol. The van der Waals surface area contributed by atoms with Crippen LogP contribution in [-0.4, -0.2) is 18.6 Å². The van der Waals surface area contributed by atoms with Gasteiger partial charge in [0, 0.05) is 17.5 Å². The maximum absolute atomic E-state index is 12.3. The minimum atomic E-state index is -4.24. The van der Waals surface area contributed by atoms with Crippen LogP contribution < -0.4 is 11.1 Å². The summed E-state index contributed by atoms with van der Waals surface area (Å²) in [6, 6.07) is 6.47. The molecule has 0 saturated heterocycles. The molecule has 1 saturated carbocycles. The lowest BCUT2D eigenvalue weighted by molar-refractivity contribution is -0.0328. The third kappa shape index (κ3) is 5.52. The first-order valence-corrected chi connectivity index (χ1v) is 8.09. The number of rotatable bonds is 7. The minimum absolute atomic E-state index is 0.00927. The van der Waals surface area contributed by atoms with Gasteiger partial charge in [0.25, 0.3) is 0 Å². The van der Waals surface area contributed by atoms with Crippen molar-refractivity contribution in [1.29, 1.82) is 0 Å². The van der Waals surface area contributed by atoms with Gasteiger partial charge in [0.15, 0.2) is 0 Å². The summed E-state index contributed by atoms with van der Waals surface area (Å²) in [6.07, 6.45) is 5.12. The third-order valence-corrected chi connectivity index (χ3v) is 4.66. The second-order valence-corrected chi connectivity index (χ2v) is 6.58. The Morgan fingerprint density at radius 1 is 1.24 bits per heavy atom. The van der Waals surface area contributed by atoms with E-state index in [0.29, 0.717) is 6.54 Å². The first-order chi connectivity index (χ1) is 9.98. The average Bonchev–Trinajstić information content (AvgIpc) is 2.36. The number of alkyl halides is 3. The van der Waals surface area contributed by atoms with Gasteiger partial charge in [-0.1, -0.05) is 31.4 Å². The van der Waals surface area contributed by atoms with Crippen LogP contribution >= 0.6 is 11.8 Å². The zero-order chi connectivity index (χ0) is 15.3. The number of thioether (sulfide) groups is 1. The van der Waals surface area contributed by atoms with Crippen molar-refractivity contribution in [2.75, 3.05) is 13.1 Å². The van der Waals surface area contributed by atoms with E-state index in [0.717, 1.165) is 24.4 Å². The van der Waals surface area contributed by atoms with Crippen LogP contribution in [0, 0.1) is 5.92 Å². The molecule has 1 aliphatic carbocycles. The Kier molecular flexibility index (Phi) is 5.96. The van der Waals surface area contributed by atoms with E-state index in [-0.39, 0.29) is 22.7 Å². The lowest BCUT2D eigenvalue weighted by Crippen LogP contribution is -2.30. The maximum Gasteiger partial charge on any atom is 0.446 e. The van der Waals surface area contributed by atoms with Crippen molar-refractivity contribution >= 4 is 11.8 Å². The monoisotopic (exact) mass is 318 g/mol. The summed E-state index contributed by atoms with van der Waals surface area (Å²) in [6.45, 7) is 1.35. The van der Waals surface area contributed by atoms with Crippen LogP contribution in [0.1, 0.15) is 37.3 Å². The number of nitrogens with one attached hydrogen (secondary N) is 1. The van der Waals surface area contributed by atoms with E-state index in [1.807, 2.05) is 0 Å². The first-order valence-electron chi connectivity index (χ1n) is 7.27. The van der Waals surface area contributed by atoms with Gasteiger partial charge in [0.1, 0.15) is 0 Å². The van der Waals surface area contributed by atoms with E-state index in [9.17, 15) is 13.2 Å². The molecule has 0 radical (unpaired) electrons. The molecule has 0 amide bonds. The third-order valence-electron chi connectivity index (χ3n) is 3.92. The number of benzene rings is 1. The second-order valence-electron chi connectivity index (χ2n) is 5.44. The van der Waals surface area contributed by atoms with Crippen molar-refractivity contribution in [1.82, 2.24) is 5.32 Å². The second kappa shape index (κ2) is 7.51. The fourth-order valence-corrected chi connectivity index (χ4v) is 3.02. The molecule has 0 bridgehead atoms. The Morgan fingerprint density at radius 2 is 1.90 bits per heavy atom. The van der Waals surface area contributed by atoms with Crippen LogP contribution in [0.25, 0.3) is 0 Å². The standard InChI is InChI=1S/C15H21F3N2S/c16-15(17,18)21-13-6-4-12(5-7-13)14(10-19)20-9-8-11-2-1-3-11/h4-7,11,14,20H,1-3,8-10,19H2. The highest BCUT2D eigenvalue weighted by Gasteiger charge is 2.29. The molecule has 6 heteroatoms. The largest absolute Gasteiger partial charge is 0.446 e. The van der Waals surface area contributed by atoms with Gasteiger partial charge in [-0.2, -0.15) is 13.2 Å². The molecule has 0 heterocycles. The van der Waals surface area contributed by atoms with Crippen molar-refractivity contribution in [2.45, 2.75) is 42.1 Å². The Balaban J connectivity index is 1.85. The minimum Gasteiger partial charge on any atom is -0.329 e. The van der Waals surface area contributed by atoms with Gasteiger partial charge in [-0.25, -0.2) is 0 Å². The molecule has 3 N–H and O–H groups in total. The quantitative estimate of drug-likeness (QED) is 0.744.